The van der Waals surface area contributed by atoms with Crippen LogP contribution < -0.4 is 9.62 Å². The third-order valence-corrected chi connectivity index (χ3v) is 4.80. The van der Waals surface area contributed by atoms with E-state index >= 15 is 0 Å². The van der Waals surface area contributed by atoms with Gasteiger partial charge < -0.3 is 4.90 Å². The number of nitrogens with one attached hydrogen (secondary N) is 1. The van der Waals surface area contributed by atoms with Crippen molar-refractivity contribution in [3.05, 3.63) is 54.0 Å². The van der Waals surface area contributed by atoms with Crippen LogP contribution in [0.3, 0.4) is 0 Å². The zero-order chi connectivity index (χ0) is 19.4. The number of benzene rings is 1. The van der Waals surface area contributed by atoms with E-state index in [-0.39, 0.29) is 12.2 Å². The Morgan fingerprint density at radius 3 is 2.78 bits per heavy atom. The van der Waals surface area contributed by atoms with E-state index in [0.717, 1.165) is 5.41 Å². The van der Waals surface area contributed by atoms with Gasteiger partial charge in [-0.15, -0.1) is 0 Å². The van der Waals surface area contributed by atoms with E-state index in [0.29, 0.717) is 36.5 Å². The highest BCUT2D eigenvalue weighted by atomic mass is 32.2. The molecule has 0 bridgehead atoms. The highest BCUT2D eigenvalue weighted by Crippen LogP contribution is 2.30. The summed E-state index contributed by atoms with van der Waals surface area (Å²) in [6, 6.07) is 5.58. The maximum absolute atomic E-state index is 13.8. The zero-order valence-corrected chi connectivity index (χ0v) is 15.2. The fraction of sp³-hybridized carbons (Fsp3) is 0.278. The summed E-state index contributed by atoms with van der Waals surface area (Å²) in [6.45, 7) is 4.12. The van der Waals surface area contributed by atoms with Crippen LogP contribution in [0.1, 0.15) is 23.3 Å². The normalized spacial score (nSPS) is 18.0. The highest BCUT2D eigenvalue weighted by Gasteiger charge is 2.25. The Morgan fingerprint density at radius 2 is 2.11 bits per heavy atom. The zero-order valence-electron chi connectivity index (χ0n) is 14.4. The molecule has 0 aliphatic carbocycles. The van der Waals surface area contributed by atoms with Gasteiger partial charge in [-0.2, -0.15) is 0 Å². The van der Waals surface area contributed by atoms with Crippen LogP contribution in [0.4, 0.5) is 14.6 Å². The minimum absolute atomic E-state index is 0.0536. The average molecular weight is 392 g/mol. The summed E-state index contributed by atoms with van der Waals surface area (Å²) in [5.74, 6) is -0.673. The molecule has 142 valence electrons. The van der Waals surface area contributed by atoms with E-state index < -0.39 is 28.9 Å². The monoisotopic (exact) mass is 392 g/mol. The number of hydrogen-bond acceptors (Lipinski definition) is 5. The van der Waals surface area contributed by atoms with E-state index in [2.05, 4.69) is 21.3 Å². The molecule has 0 saturated carbocycles. The fourth-order valence-corrected chi connectivity index (χ4v) is 3.20. The molecule has 9 heteroatoms. The predicted octanol–water partition coefficient (Wildman–Crippen LogP) is 2.76. The topological polar surface area (TPSA) is 75.2 Å². The van der Waals surface area contributed by atoms with E-state index in [1.165, 1.54) is 30.5 Å². The first-order chi connectivity index (χ1) is 13.0. The van der Waals surface area contributed by atoms with Gasteiger partial charge in [0.25, 0.3) is 5.91 Å². The number of piperidine rings is 1. The van der Waals surface area contributed by atoms with Gasteiger partial charge in [0.05, 0.1) is 12.7 Å². The minimum atomic E-state index is -1.74. The van der Waals surface area contributed by atoms with Gasteiger partial charge in [0.2, 0.25) is 0 Å². The van der Waals surface area contributed by atoms with Crippen LogP contribution in [-0.2, 0) is 11.0 Å². The number of anilines is 1. The molecule has 1 unspecified atom stereocenters. The quantitative estimate of drug-likeness (QED) is 0.847. The van der Waals surface area contributed by atoms with Crippen molar-refractivity contribution >= 4 is 22.7 Å². The molecule has 1 aromatic heterocycles. The van der Waals surface area contributed by atoms with Crippen molar-refractivity contribution in [3.8, 4) is 11.3 Å². The fourth-order valence-electron chi connectivity index (χ4n) is 2.83. The van der Waals surface area contributed by atoms with Gasteiger partial charge >= 0.3 is 0 Å². The van der Waals surface area contributed by atoms with Crippen LogP contribution >= 0.6 is 0 Å². The summed E-state index contributed by atoms with van der Waals surface area (Å²) < 4.78 is 40.8. The molecule has 0 spiro atoms. The lowest BCUT2D eigenvalue weighted by Gasteiger charge is -2.31. The molecular weight excluding hydrogens is 374 g/mol. The van der Waals surface area contributed by atoms with Gasteiger partial charge in [-0.3, -0.25) is 9.52 Å². The van der Waals surface area contributed by atoms with Crippen molar-refractivity contribution in [2.45, 2.75) is 19.0 Å². The second kappa shape index (κ2) is 8.34. The SMILES string of the molecule is C=CS(=O)NC(=O)c1cnc(N2CCC[C@H](F)C2)c(-c2ccc(F)cc2)n1. The summed E-state index contributed by atoms with van der Waals surface area (Å²) in [5, 5.41) is 1.08. The van der Waals surface area contributed by atoms with Crippen molar-refractivity contribution in [1.82, 2.24) is 14.7 Å². The van der Waals surface area contributed by atoms with Crippen molar-refractivity contribution in [1.29, 1.82) is 0 Å². The van der Waals surface area contributed by atoms with Crippen LogP contribution in [0.2, 0.25) is 0 Å². The van der Waals surface area contributed by atoms with Gasteiger partial charge in [0, 0.05) is 17.5 Å². The number of halogens is 2. The first-order valence-electron chi connectivity index (χ1n) is 8.34. The third kappa shape index (κ3) is 4.54. The maximum atomic E-state index is 13.8. The standard InChI is InChI=1S/C18H18F2N4O2S/c1-2-27(26)23-18(25)15-10-21-17(24-9-3-4-14(20)11-24)16(22-15)12-5-7-13(19)8-6-12/h2,5-8,10,14H,1,3-4,9,11H2,(H,23,25)/t14-,27?/m0/s1. The second-order valence-electron chi connectivity index (χ2n) is 6.02. The molecule has 27 heavy (non-hydrogen) atoms. The largest absolute Gasteiger partial charge is 0.352 e. The first-order valence-corrected chi connectivity index (χ1v) is 9.55. The Bertz CT molecular complexity index is 876. The van der Waals surface area contributed by atoms with Crippen molar-refractivity contribution in [2.75, 3.05) is 18.0 Å². The molecule has 1 fully saturated rings. The van der Waals surface area contributed by atoms with Crippen LogP contribution in [0, 0.1) is 5.82 Å². The van der Waals surface area contributed by atoms with Gasteiger partial charge in [0.1, 0.15) is 34.4 Å². The molecule has 1 N–H and O–H groups in total. The lowest BCUT2D eigenvalue weighted by Crippen LogP contribution is -2.37. The van der Waals surface area contributed by atoms with E-state index in [9.17, 15) is 17.8 Å². The molecule has 3 rings (SSSR count). The molecule has 1 aromatic carbocycles. The Balaban J connectivity index is 2.02. The molecule has 1 amide bonds. The minimum Gasteiger partial charge on any atom is -0.352 e. The van der Waals surface area contributed by atoms with Crippen molar-refractivity contribution in [3.63, 3.8) is 0 Å². The first kappa shape index (κ1) is 19.1. The van der Waals surface area contributed by atoms with Crippen molar-refractivity contribution < 1.29 is 17.8 Å². The molecule has 1 saturated heterocycles. The predicted molar refractivity (Wildman–Crippen MR) is 99.6 cm³/mol. The molecular formula is C18H18F2N4O2S. The maximum Gasteiger partial charge on any atom is 0.283 e. The summed E-state index contributed by atoms with van der Waals surface area (Å²) >= 11 is 0. The van der Waals surface area contributed by atoms with E-state index in [1.54, 1.807) is 4.90 Å². The average Bonchev–Trinajstić information content (AvgIpc) is 2.68. The highest BCUT2D eigenvalue weighted by molar-refractivity contribution is 7.86. The van der Waals surface area contributed by atoms with Gasteiger partial charge in [-0.25, -0.2) is 23.0 Å². The second-order valence-corrected chi connectivity index (χ2v) is 7.15. The van der Waals surface area contributed by atoms with E-state index in [1.807, 2.05) is 0 Å². The summed E-state index contributed by atoms with van der Waals surface area (Å²) in [4.78, 5) is 22.6. The van der Waals surface area contributed by atoms with Gasteiger partial charge in [0.15, 0.2) is 5.82 Å². The van der Waals surface area contributed by atoms with Crippen LogP contribution in [0.25, 0.3) is 11.3 Å². The molecule has 2 atom stereocenters. The molecule has 1 aliphatic heterocycles. The summed E-state index contributed by atoms with van der Waals surface area (Å²) in [6.07, 6.45) is 1.44. The number of nitrogens with zero attached hydrogens (tertiary/aromatic N) is 3. The van der Waals surface area contributed by atoms with Gasteiger partial charge in [-0.1, -0.05) is 6.58 Å². The Labute approximate surface area is 157 Å². The molecule has 1 aliphatic rings. The van der Waals surface area contributed by atoms with Crippen LogP contribution in [0.15, 0.2) is 42.4 Å². The Kier molecular flexibility index (Phi) is 5.90. The van der Waals surface area contributed by atoms with Gasteiger partial charge in [-0.05, 0) is 37.1 Å². The lowest BCUT2D eigenvalue weighted by molar-refractivity contribution is 0.0978. The third-order valence-electron chi connectivity index (χ3n) is 4.11. The lowest BCUT2D eigenvalue weighted by atomic mass is 10.1. The number of aromatic nitrogens is 2. The number of hydrogen-bond donors (Lipinski definition) is 1. The van der Waals surface area contributed by atoms with Crippen LogP contribution in [-0.4, -0.2) is 39.3 Å². The molecule has 0 radical (unpaired) electrons. The van der Waals surface area contributed by atoms with E-state index in [4.69, 9.17) is 0 Å². The van der Waals surface area contributed by atoms with Crippen LogP contribution in [0.5, 0.6) is 0 Å². The number of alkyl halides is 1. The Hall–Kier alpha value is -2.68. The smallest absolute Gasteiger partial charge is 0.283 e. The molecule has 2 aromatic rings. The number of amides is 1. The summed E-state index contributed by atoms with van der Waals surface area (Å²) in [5.41, 5.74) is 0.822. The number of carbonyl (C=O) groups excluding carboxylic acids is 1. The molecule has 6 nitrogen and oxygen atoms in total. The number of rotatable bonds is 5. The van der Waals surface area contributed by atoms with Crippen molar-refractivity contribution in [2.24, 2.45) is 0 Å². The Morgan fingerprint density at radius 1 is 1.37 bits per heavy atom. The number of carbonyl (C=O) groups is 1. The molecule has 2 heterocycles. The summed E-state index contributed by atoms with van der Waals surface area (Å²) in [7, 11) is -1.74.